The Morgan fingerprint density at radius 3 is 3.00 bits per heavy atom. The third-order valence-electron chi connectivity index (χ3n) is 4.35. The Labute approximate surface area is 135 Å². The highest BCUT2D eigenvalue weighted by Crippen LogP contribution is 2.25. The van der Waals surface area contributed by atoms with Crippen LogP contribution in [0.1, 0.15) is 19.0 Å². The van der Waals surface area contributed by atoms with E-state index >= 15 is 0 Å². The molecule has 120 valence electrons. The third kappa shape index (κ3) is 2.59. The average molecular weight is 311 g/mol. The molecule has 23 heavy (non-hydrogen) atoms. The Morgan fingerprint density at radius 1 is 1.26 bits per heavy atom. The van der Waals surface area contributed by atoms with Crippen LogP contribution in [0.15, 0.2) is 24.3 Å². The van der Waals surface area contributed by atoms with Gasteiger partial charge in [0.15, 0.2) is 5.82 Å². The van der Waals surface area contributed by atoms with Crippen LogP contribution in [0.25, 0.3) is 22.6 Å². The first-order valence-corrected chi connectivity index (χ1v) is 8.10. The van der Waals surface area contributed by atoms with Crippen LogP contribution in [0.5, 0.6) is 5.75 Å². The zero-order valence-corrected chi connectivity index (χ0v) is 13.5. The summed E-state index contributed by atoms with van der Waals surface area (Å²) in [4.78, 5) is 10.5. The SMILES string of the molecule is CCCN1CCn2nc(-c3nc4ccc(OC)cc4[nH]3)cc2C1. The number of imidazole rings is 1. The van der Waals surface area contributed by atoms with E-state index in [2.05, 4.69) is 32.5 Å². The summed E-state index contributed by atoms with van der Waals surface area (Å²) < 4.78 is 7.37. The summed E-state index contributed by atoms with van der Waals surface area (Å²) in [5.74, 6) is 1.64. The van der Waals surface area contributed by atoms with Gasteiger partial charge in [0.2, 0.25) is 0 Å². The number of nitrogens with zero attached hydrogens (tertiary/aromatic N) is 4. The van der Waals surface area contributed by atoms with Gasteiger partial charge in [-0.3, -0.25) is 9.58 Å². The first-order valence-electron chi connectivity index (χ1n) is 8.10. The van der Waals surface area contributed by atoms with Gasteiger partial charge in [-0.1, -0.05) is 6.92 Å². The van der Waals surface area contributed by atoms with Gasteiger partial charge in [-0.2, -0.15) is 5.10 Å². The van der Waals surface area contributed by atoms with Gasteiger partial charge in [-0.05, 0) is 31.2 Å². The molecule has 3 aromatic rings. The monoisotopic (exact) mass is 311 g/mol. The van der Waals surface area contributed by atoms with E-state index in [0.717, 1.165) is 54.5 Å². The maximum absolute atomic E-state index is 5.27. The van der Waals surface area contributed by atoms with Gasteiger partial charge < -0.3 is 9.72 Å². The molecule has 0 saturated carbocycles. The van der Waals surface area contributed by atoms with Crippen LogP contribution in [0.4, 0.5) is 0 Å². The summed E-state index contributed by atoms with van der Waals surface area (Å²) in [7, 11) is 1.67. The Hall–Kier alpha value is -2.34. The number of methoxy groups -OCH3 is 1. The number of aromatic amines is 1. The number of ether oxygens (including phenoxy) is 1. The fourth-order valence-electron chi connectivity index (χ4n) is 3.18. The van der Waals surface area contributed by atoms with E-state index in [1.165, 1.54) is 12.1 Å². The van der Waals surface area contributed by atoms with Gasteiger partial charge >= 0.3 is 0 Å². The summed E-state index contributed by atoms with van der Waals surface area (Å²) in [5, 5.41) is 4.72. The molecule has 0 spiro atoms. The van der Waals surface area contributed by atoms with Crippen LogP contribution < -0.4 is 4.74 Å². The van der Waals surface area contributed by atoms with Gasteiger partial charge in [0.25, 0.3) is 0 Å². The van der Waals surface area contributed by atoms with Crippen LogP contribution in [0.3, 0.4) is 0 Å². The molecule has 0 atom stereocenters. The molecule has 0 amide bonds. The number of fused-ring (bicyclic) bond motifs is 2. The highest BCUT2D eigenvalue weighted by molar-refractivity contribution is 5.80. The largest absolute Gasteiger partial charge is 0.497 e. The standard InChI is InChI=1S/C17H21N5O/c1-3-6-21-7-8-22-12(11-21)9-16(20-22)17-18-14-5-4-13(23-2)10-15(14)19-17/h4-5,9-10H,3,6-8,11H2,1-2H3,(H,18,19). The van der Waals surface area contributed by atoms with Crippen LogP contribution >= 0.6 is 0 Å². The van der Waals surface area contributed by atoms with Gasteiger partial charge in [-0.15, -0.1) is 0 Å². The number of nitrogens with one attached hydrogen (secondary N) is 1. The minimum Gasteiger partial charge on any atom is -0.497 e. The topological polar surface area (TPSA) is 59.0 Å². The molecule has 0 bridgehead atoms. The van der Waals surface area contributed by atoms with Crippen LogP contribution in [-0.4, -0.2) is 44.8 Å². The number of benzene rings is 1. The molecule has 1 aliphatic rings. The van der Waals surface area contributed by atoms with Gasteiger partial charge in [0.05, 0.1) is 30.4 Å². The minimum atomic E-state index is 0.817. The van der Waals surface area contributed by atoms with Crippen molar-refractivity contribution in [1.82, 2.24) is 24.6 Å². The zero-order valence-electron chi connectivity index (χ0n) is 13.5. The van der Waals surface area contributed by atoms with Crippen molar-refractivity contribution in [1.29, 1.82) is 0 Å². The normalized spacial score (nSPS) is 15.0. The molecule has 1 aliphatic heterocycles. The minimum absolute atomic E-state index is 0.817. The highest BCUT2D eigenvalue weighted by atomic mass is 16.5. The number of hydrogen-bond acceptors (Lipinski definition) is 4. The van der Waals surface area contributed by atoms with E-state index in [9.17, 15) is 0 Å². The molecule has 0 aliphatic carbocycles. The fraction of sp³-hybridized carbons (Fsp3) is 0.412. The summed E-state index contributed by atoms with van der Waals surface area (Å²) in [6.07, 6.45) is 1.19. The Kier molecular flexibility index (Phi) is 3.53. The molecule has 1 aromatic carbocycles. The Bertz CT molecular complexity index is 835. The van der Waals surface area contributed by atoms with E-state index in [1.54, 1.807) is 7.11 Å². The lowest BCUT2D eigenvalue weighted by Gasteiger charge is -2.26. The number of aromatic nitrogens is 4. The van der Waals surface area contributed by atoms with Crippen LogP contribution in [0.2, 0.25) is 0 Å². The van der Waals surface area contributed by atoms with E-state index in [1.807, 2.05) is 18.2 Å². The highest BCUT2D eigenvalue weighted by Gasteiger charge is 2.19. The maximum Gasteiger partial charge on any atom is 0.159 e. The quantitative estimate of drug-likeness (QED) is 0.805. The lowest BCUT2D eigenvalue weighted by Crippen LogP contribution is -2.34. The Morgan fingerprint density at radius 2 is 2.17 bits per heavy atom. The molecule has 0 unspecified atom stereocenters. The van der Waals surface area contributed by atoms with E-state index in [4.69, 9.17) is 9.84 Å². The lowest BCUT2D eigenvalue weighted by molar-refractivity contribution is 0.214. The maximum atomic E-state index is 5.27. The Balaban J connectivity index is 1.66. The molecule has 3 heterocycles. The molecular formula is C17H21N5O. The number of H-pyrrole nitrogens is 1. The van der Waals surface area contributed by atoms with Crippen molar-refractivity contribution in [3.63, 3.8) is 0 Å². The average Bonchev–Trinajstić information content (AvgIpc) is 3.17. The van der Waals surface area contributed by atoms with Gasteiger partial charge in [-0.25, -0.2) is 4.98 Å². The zero-order chi connectivity index (χ0) is 15.8. The van der Waals surface area contributed by atoms with Crippen molar-refractivity contribution in [2.75, 3.05) is 20.2 Å². The van der Waals surface area contributed by atoms with Crippen LogP contribution in [-0.2, 0) is 13.1 Å². The summed E-state index contributed by atoms with van der Waals surface area (Å²) in [6, 6.07) is 8.00. The third-order valence-corrected chi connectivity index (χ3v) is 4.35. The van der Waals surface area contributed by atoms with E-state index in [-0.39, 0.29) is 0 Å². The van der Waals surface area contributed by atoms with Gasteiger partial charge in [0.1, 0.15) is 11.4 Å². The second kappa shape index (κ2) is 5.70. The molecular weight excluding hydrogens is 290 g/mol. The second-order valence-electron chi connectivity index (χ2n) is 5.99. The smallest absolute Gasteiger partial charge is 0.159 e. The first-order chi connectivity index (χ1) is 11.3. The fourth-order valence-corrected chi connectivity index (χ4v) is 3.18. The van der Waals surface area contributed by atoms with Crippen molar-refractivity contribution in [3.05, 3.63) is 30.0 Å². The molecule has 2 aromatic heterocycles. The molecule has 0 radical (unpaired) electrons. The van der Waals surface area contributed by atoms with E-state index < -0.39 is 0 Å². The molecule has 0 fully saturated rings. The molecule has 6 nitrogen and oxygen atoms in total. The van der Waals surface area contributed by atoms with Crippen molar-refractivity contribution in [2.45, 2.75) is 26.4 Å². The van der Waals surface area contributed by atoms with Crippen molar-refractivity contribution in [2.24, 2.45) is 0 Å². The number of rotatable bonds is 4. The predicted molar refractivity (Wildman–Crippen MR) is 89.4 cm³/mol. The predicted octanol–water partition coefficient (Wildman–Crippen LogP) is 2.66. The molecule has 0 saturated heterocycles. The first kappa shape index (κ1) is 14.3. The van der Waals surface area contributed by atoms with E-state index in [0.29, 0.717) is 0 Å². The van der Waals surface area contributed by atoms with Crippen molar-refractivity contribution in [3.8, 4) is 17.3 Å². The van der Waals surface area contributed by atoms with Crippen molar-refractivity contribution >= 4 is 11.0 Å². The summed E-state index contributed by atoms with van der Waals surface area (Å²) >= 11 is 0. The summed E-state index contributed by atoms with van der Waals surface area (Å²) in [6.45, 7) is 6.35. The van der Waals surface area contributed by atoms with Gasteiger partial charge in [0, 0.05) is 19.2 Å². The molecule has 1 N–H and O–H groups in total. The second-order valence-corrected chi connectivity index (χ2v) is 5.99. The van der Waals surface area contributed by atoms with Crippen LogP contribution in [0, 0.1) is 0 Å². The van der Waals surface area contributed by atoms with Crippen molar-refractivity contribution < 1.29 is 4.74 Å². The summed E-state index contributed by atoms with van der Waals surface area (Å²) in [5.41, 5.74) is 4.07. The molecule has 4 rings (SSSR count). The molecule has 6 heteroatoms. The lowest BCUT2D eigenvalue weighted by atomic mass is 10.2. The number of hydrogen-bond donors (Lipinski definition) is 1.